The van der Waals surface area contributed by atoms with E-state index >= 15 is 0 Å². The lowest BCUT2D eigenvalue weighted by atomic mass is 9.95. The number of hydrogen-bond donors (Lipinski definition) is 1. The molecule has 2 aliphatic rings. The van der Waals surface area contributed by atoms with Gasteiger partial charge in [-0.15, -0.1) is 0 Å². The molecule has 18 heavy (non-hydrogen) atoms. The molecule has 2 aromatic rings. The van der Waals surface area contributed by atoms with Gasteiger partial charge in [0.05, 0.1) is 5.69 Å². The number of nitrogens with one attached hydrogen (secondary N) is 1. The van der Waals surface area contributed by atoms with E-state index < -0.39 is 0 Å². The van der Waals surface area contributed by atoms with Gasteiger partial charge in [-0.1, -0.05) is 12.5 Å². The Morgan fingerprint density at radius 1 is 1.28 bits per heavy atom. The van der Waals surface area contributed by atoms with Gasteiger partial charge >= 0.3 is 0 Å². The predicted molar refractivity (Wildman–Crippen MR) is 71.3 cm³/mol. The van der Waals surface area contributed by atoms with E-state index in [2.05, 4.69) is 33.2 Å². The van der Waals surface area contributed by atoms with Crippen molar-refractivity contribution in [1.82, 2.24) is 14.7 Å². The fourth-order valence-electron chi connectivity index (χ4n) is 3.80. The smallest absolute Gasteiger partial charge is 0.137 e. The van der Waals surface area contributed by atoms with Crippen molar-refractivity contribution in [3.63, 3.8) is 0 Å². The molecule has 0 amide bonds. The van der Waals surface area contributed by atoms with Gasteiger partial charge in [-0.2, -0.15) is 0 Å². The van der Waals surface area contributed by atoms with Crippen molar-refractivity contribution >= 4 is 5.65 Å². The van der Waals surface area contributed by atoms with Gasteiger partial charge in [-0.25, -0.2) is 4.98 Å². The molecule has 3 atom stereocenters. The molecular formula is C15H19N3. The van der Waals surface area contributed by atoms with Crippen LogP contribution in [0.3, 0.4) is 0 Å². The van der Waals surface area contributed by atoms with Crippen LogP contribution < -0.4 is 5.32 Å². The van der Waals surface area contributed by atoms with Crippen LogP contribution in [0.15, 0.2) is 30.6 Å². The molecule has 0 aliphatic heterocycles. The molecule has 2 fully saturated rings. The summed E-state index contributed by atoms with van der Waals surface area (Å²) in [6, 6.07) is 6.88. The highest BCUT2D eigenvalue weighted by Crippen LogP contribution is 2.44. The second-order valence-corrected chi connectivity index (χ2v) is 5.86. The van der Waals surface area contributed by atoms with Crippen LogP contribution in [0.25, 0.3) is 5.65 Å². The van der Waals surface area contributed by atoms with Crippen molar-refractivity contribution in [1.29, 1.82) is 0 Å². The molecule has 0 saturated heterocycles. The highest BCUT2D eigenvalue weighted by molar-refractivity contribution is 5.39. The summed E-state index contributed by atoms with van der Waals surface area (Å²) >= 11 is 0. The molecule has 1 N–H and O–H groups in total. The summed E-state index contributed by atoms with van der Waals surface area (Å²) in [4.78, 5) is 4.64. The van der Waals surface area contributed by atoms with Gasteiger partial charge in [0.25, 0.3) is 0 Å². The first kappa shape index (κ1) is 10.6. The van der Waals surface area contributed by atoms with Gasteiger partial charge in [0.2, 0.25) is 0 Å². The van der Waals surface area contributed by atoms with Crippen molar-refractivity contribution in [2.24, 2.45) is 11.8 Å². The average Bonchev–Trinajstić information content (AvgIpc) is 3.10. The third kappa shape index (κ3) is 1.74. The first-order valence-electron chi connectivity index (χ1n) is 7.04. The Balaban J connectivity index is 1.45. The summed E-state index contributed by atoms with van der Waals surface area (Å²) in [5.74, 6) is 1.95. The molecule has 0 radical (unpaired) electrons. The van der Waals surface area contributed by atoms with Crippen LogP contribution in [0.2, 0.25) is 0 Å². The van der Waals surface area contributed by atoms with Gasteiger partial charge in [0.1, 0.15) is 5.65 Å². The minimum atomic E-state index is 0.744. The van der Waals surface area contributed by atoms with Crippen LogP contribution in [-0.2, 0) is 6.54 Å². The zero-order valence-electron chi connectivity index (χ0n) is 10.5. The number of hydrogen-bond acceptors (Lipinski definition) is 2. The highest BCUT2D eigenvalue weighted by atomic mass is 15.0. The van der Waals surface area contributed by atoms with E-state index in [-0.39, 0.29) is 0 Å². The van der Waals surface area contributed by atoms with Crippen LogP contribution in [0.1, 0.15) is 31.4 Å². The molecule has 3 heteroatoms. The standard InChI is InChI=1S/C15H19N3/c1-2-6-18-10-13(17-15(18)3-1)9-16-14-8-11-4-5-12(14)7-11/h1-3,6,10-12,14,16H,4-5,7-9H2. The van der Waals surface area contributed by atoms with Crippen LogP contribution >= 0.6 is 0 Å². The van der Waals surface area contributed by atoms with Crippen LogP contribution in [0.5, 0.6) is 0 Å². The van der Waals surface area contributed by atoms with Crippen molar-refractivity contribution in [3.8, 4) is 0 Å². The third-order valence-corrected chi connectivity index (χ3v) is 4.70. The van der Waals surface area contributed by atoms with Gasteiger partial charge in [-0.05, 0) is 43.2 Å². The van der Waals surface area contributed by atoms with E-state index in [9.17, 15) is 0 Å². The van der Waals surface area contributed by atoms with E-state index in [1.54, 1.807) is 0 Å². The number of imidazole rings is 1. The van der Waals surface area contributed by atoms with E-state index in [1.807, 2.05) is 12.1 Å². The molecular weight excluding hydrogens is 222 g/mol. The van der Waals surface area contributed by atoms with Crippen molar-refractivity contribution in [2.45, 2.75) is 38.3 Å². The van der Waals surface area contributed by atoms with Gasteiger partial charge in [-0.3, -0.25) is 0 Å². The Morgan fingerprint density at radius 2 is 2.28 bits per heavy atom. The van der Waals surface area contributed by atoms with E-state index in [4.69, 9.17) is 0 Å². The first-order chi connectivity index (χ1) is 8.88. The Labute approximate surface area is 107 Å². The van der Waals surface area contributed by atoms with Crippen molar-refractivity contribution in [2.75, 3.05) is 0 Å². The van der Waals surface area contributed by atoms with Crippen molar-refractivity contribution in [3.05, 3.63) is 36.3 Å². The highest BCUT2D eigenvalue weighted by Gasteiger charge is 2.38. The third-order valence-electron chi connectivity index (χ3n) is 4.70. The van der Waals surface area contributed by atoms with Gasteiger partial charge in [0.15, 0.2) is 0 Å². The molecule has 2 aromatic heterocycles. The number of fused-ring (bicyclic) bond motifs is 3. The Kier molecular flexibility index (Phi) is 2.40. The van der Waals surface area contributed by atoms with Gasteiger partial charge in [0, 0.05) is 25.0 Å². The summed E-state index contributed by atoms with van der Waals surface area (Å²) in [5, 5.41) is 3.71. The Hall–Kier alpha value is -1.35. The fourth-order valence-corrected chi connectivity index (χ4v) is 3.80. The lowest BCUT2D eigenvalue weighted by molar-refractivity contribution is 0.349. The largest absolute Gasteiger partial charge is 0.308 e. The molecule has 3 unspecified atom stereocenters. The summed E-state index contributed by atoms with van der Waals surface area (Å²) in [5.41, 5.74) is 2.20. The minimum Gasteiger partial charge on any atom is -0.308 e. The lowest BCUT2D eigenvalue weighted by Crippen LogP contribution is -2.33. The van der Waals surface area contributed by atoms with Gasteiger partial charge < -0.3 is 9.72 Å². The van der Waals surface area contributed by atoms with Crippen LogP contribution in [0.4, 0.5) is 0 Å². The summed E-state index contributed by atoms with van der Waals surface area (Å²) < 4.78 is 2.10. The van der Waals surface area contributed by atoms with E-state index in [0.29, 0.717) is 0 Å². The molecule has 3 nitrogen and oxygen atoms in total. The average molecular weight is 241 g/mol. The topological polar surface area (TPSA) is 29.3 Å². The van der Waals surface area contributed by atoms with E-state index in [1.165, 1.54) is 25.7 Å². The quantitative estimate of drug-likeness (QED) is 0.895. The second-order valence-electron chi connectivity index (χ2n) is 5.86. The molecule has 2 heterocycles. The molecule has 2 saturated carbocycles. The molecule has 2 bridgehead atoms. The number of rotatable bonds is 3. The summed E-state index contributed by atoms with van der Waals surface area (Å²) in [7, 11) is 0. The second kappa shape index (κ2) is 4.09. The minimum absolute atomic E-state index is 0.744. The van der Waals surface area contributed by atoms with Crippen LogP contribution in [0, 0.1) is 11.8 Å². The maximum Gasteiger partial charge on any atom is 0.137 e. The molecule has 94 valence electrons. The summed E-state index contributed by atoms with van der Waals surface area (Å²) in [6.07, 6.45) is 9.95. The van der Waals surface area contributed by atoms with Crippen molar-refractivity contribution < 1.29 is 0 Å². The maximum absolute atomic E-state index is 4.64. The molecule has 0 aromatic carbocycles. The SMILES string of the molecule is c1ccn2cc(CNC3CC4CCC3C4)nc2c1. The van der Waals surface area contributed by atoms with Crippen LogP contribution in [-0.4, -0.2) is 15.4 Å². The molecule has 2 aliphatic carbocycles. The normalized spacial score (nSPS) is 30.3. The van der Waals surface area contributed by atoms with E-state index in [0.717, 1.165) is 35.8 Å². The lowest BCUT2D eigenvalue weighted by Gasteiger charge is -2.22. The molecule has 4 rings (SSSR count). The first-order valence-corrected chi connectivity index (χ1v) is 7.04. The monoisotopic (exact) mass is 241 g/mol. The predicted octanol–water partition coefficient (Wildman–Crippen LogP) is 2.61. The number of aromatic nitrogens is 2. The number of pyridine rings is 1. The molecule has 0 spiro atoms. The Bertz CT molecular complexity index is 527. The number of nitrogens with zero attached hydrogens (tertiary/aromatic N) is 2. The zero-order valence-corrected chi connectivity index (χ0v) is 10.5. The fraction of sp³-hybridized carbons (Fsp3) is 0.533. The maximum atomic E-state index is 4.64. The zero-order chi connectivity index (χ0) is 11.9. The summed E-state index contributed by atoms with van der Waals surface area (Å²) in [6.45, 7) is 0.912. The Morgan fingerprint density at radius 3 is 3.06 bits per heavy atom.